The molecule has 0 N–H and O–H groups in total. The Morgan fingerprint density at radius 1 is 1.43 bits per heavy atom. The van der Waals surface area contributed by atoms with E-state index in [0.717, 1.165) is 5.54 Å². The zero-order valence-electron chi connectivity index (χ0n) is 3.14. The minimum atomic E-state index is -3.51. The summed E-state index contributed by atoms with van der Waals surface area (Å²) in [4.78, 5) is 0. The zero-order chi connectivity index (χ0) is 5.91. The number of rotatable bonds is 1. The second kappa shape index (κ2) is 2.55. The molecule has 5 heteroatoms. The van der Waals surface area contributed by atoms with Crippen molar-refractivity contribution in [3.63, 3.8) is 0 Å². The van der Waals surface area contributed by atoms with Gasteiger partial charge < -0.3 is 0 Å². The van der Waals surface area contributed by atoms with Crippen LogP contribution in [-0.2, 0) is 9.05 Å². The molecule has 0 aliphatic carbocycles. The first kappa shape index (κ1) is 7.27. The number of hydrogen-bond acceptors (Lipinski definition) is 2. The standard InChI is InChI=1S/C2H2Cl2O2S/c3-1-2-7(4,5)6/h1-2H/b2-1+. The van der Waals surface area contributed by atoms with Crippen molar-refractivity contribution in [2.45, 2.75) is 0 Å². The predicted octanol–water partition coefficient (Wildman–Crippen LogP) is 1.27. The van der Waals surface area contributed by atoms with Crippen LogP contribution in [0.4, 0.5) is 0 Å². The van der Waals surface area contributed by atoms with Crippen molar-refractivity contribution in [2.24, 2.45) is 0 Å². The maximum absolute atomic E-state index is 9.83. The third-order valence-electron chi connectivity index (χ3n) is 0.214. The van der Waals surface area contributed by atoms with Crippen LogP contribution in [0.25, 0.3) is 0 Å². The van der Waals surface area contributed by atoms with E-state index in [1.807, 2.05) is 0 Å². The van der Waals surface area contributed by atoms with Crippen molar-refractivity contribution in [2.75, 3.05) is 0 Å². The maximum Gasteiger partial charge on any atom is 0.255 e. The van der Waals surface area contributed by atoms with Gasteiger partial charge in [0.15, 0.2) is 0 Å². The molecular weight excluding hydrogens is 159 g/mol. The smallest absolute Gasteiger partial charge is 0.208 e. The SMILES string of the molecule is O=S(=O)(Cl)/C=C/Cl. The largest absolute Gasteiger partial charge is 0.255 e. The van der Waals surface area contributed by atoms with Crippen LogP contribution in [0, 0.1) is 0 Å². The molecule has 0 aliphatic heterocycles. The van der Waals surface area contributed by atoms with Crippen LogP contribution in [0.1, 0.15) is 0 Å². The van der Waals surface area contributed by atoms with Gasteiger partial charge in [-0.2, -0.15) is 0 Å². The molecule has 0 aromatic heterocycles. The minimum Gasteiger partial charge on any atom is -0.208 e. The second-order valence-corrected chi connectivity index (χ2v) is 3.50. The molecule has 0 unspecified atom stereocenters. The third kappa shape index (κ3) is 6.27. The summed E-state index contributed by atoms with van der Waals surface area (Å²) in [7, 11) is 1.12. The third-order valence-corrected chi connectivity index (χ3v) is 1.26. The van der Waals surface area contributed by atoms with E-state index in [9.17, 15) is 8.42 Å². The summed E-state index contributed by atoms with van der Waals surface area (Å²) in [5.41, 5.74) is 0.836. The predicted molar refractivity (Wildman–Crippen MR) is 29.8 cm³/mol. The van der Waals surface area contributed by atoms with Gasteiger partial charge in [0.1, 0.15) is 0 Å². The molecule has 0 spiro atoms. The van der Waals surface area contributed by atoms with Gasteiger partial charge in [-0.25, -0.2) is 8.42 Å². The van der Waals surface area contributed by atoms with Gasteiger partial charge in [-0.1, -0.05) is 11.6 Å². The summed E-state index contributed by atoms with van der Waals surface area (Å²) in [6.45, 7) is 0. The number of halogens is 2. The molecule has 0 bridgehead atoms. The van der Waals surface area contributed by atoms with Crippen molar-refractivity contribution < 1.29 is 8.42 Å². The molecule has 0 aromatic carbocycles. The highest BCUT2D eigenvalue weighted by atomic mass is 35.7. The average molecular weight is 161 g/mol. The van der Waals surface area contributed by atoms with E-state index in [4.69, 9.17) is 11.6 Å². The Labute approximate surface area is 51.2 Å². The van der Waals surface area contributed by atoms with Gasteiger partial charge in [-0.3, -0.25) is 0 Å². The highest BCUT2D eigenvalue weighted by molar-refractivity contribution is 8.16. The van der Waals surface area contributed by atoms with E-state index in [2.05, 4.69) is 10.7 Å². The topological polar surface area (TPSA) is 34.1 Å². The molecule has 0 aliphatic rings. The summed E-state index contributed by atoms with van der Waals surface area (Å²) in [6, 6.07) is 0. The monoisotopic (exact) mass is 160 g/mol. The van der Waals surface area contributed by atoms with Gasteiger partial charge in [0.25, 0.3) is 9.05 Å². The van der Waals surface area contributed by atoms with Crippen molar-refractivity contribution in [1.82, 2.24) is 0 Å². The molecule has 0 saturated heterocycles. The Hall–Kier alpha value is 0.270. The van der Waals surface area contributed by atoms with E-state index in [1.165, 1.54) is 0 Å². The molecule has 0 radical (unpaired) electrons. The summed E-state index contributed by atoms with van der Waals surface area (Å²) >= 11 is 4.84. The van der Waals surface area contributed by atoms with Gasteiger partial charge in [-0.05, 0) is 0 Å². The molecular formula is C2H2Cl2O2S. The van der Waals surface area contributed by atoms with Crippen LogP contribution in [0.3, 0.4) is 0 Å². The Morgan fingerprint density at radius 2 is 1.86 bits per heavy atom. The van der Waals surface area contributed by atoms with Crippen LogP contribution >= 0.6 is 22.3 Å². The first-order valence-corrected chi connectivity index (χ1v) is 4.08. The zero-order valence-corrected chi connectivity index (χ0v) is 5.46. The fraction of sp³-hybridized carbons (Fsp3) is 0. The summed E-state index contributed by atoms with van der Waals surface area (Å²) < 4.78 is 19.7. The summed E-state index contributed by atoms with van der Waals surface area (Å²) in [5.74, 6) is 0. The van der Waals surface area contributed by atoms with Crippen LogP contribution in [0.15, 0.2) is 10.9 Å². The van der Waals surface area contributed by atoms with Crippen LogP contribution < -0.4 is 0 Å². The van der Waals surface area contributed by atoms with Gasteiger partial charge in [0.2, 0.25) is 0 Å². The van der Waals surface area contributed by atoms with Crippen molar-refractivity contribution in [3.05, 3.63) is 10.9 Å². The van der Waals surface area contributed by atoms with Gasteiger partial charge in [-0.15, -0.1) is 0 Å². The first-order chi connectivity index (χ1) is 3.06. The Morgan fingerprint density at radius 3 is 1.86 bits per heavy atom. The second-order valence-electron chi connectivity index (χ2n) is 0.738. The van der Waals surface area contributed by atoms with E-state index in [0.29, 0.717) is 5.41 Å². The van der Waals surface area contributed by atoms with Gasteiger partial charge in [0, 0.05) is 16.2 Å². The number of hydrogen-bond donors (Lipinski definition) is 0. The molecule has 0 aromatic rings. The molecule has 0 saturated carbocycles. The first-order valence-electron chi connectivity index (χ1n) is 1.27. The molecule has 0 fully saturated rings. The molecule has 0 atom stereocenters. The van der Waals surface area contributed by atoms with Crippen LogP contribution in [-0.4, -0.2) is 8.42 Å². The summed E-state index contributed by atoms with van der Waals surface area (Å²) in [6.07, 6.45) is 0. The fourth-order valence-electron chi connectivity index (χ4n) is 0.0614. The van der Waals surface area contributed by atoms with Crippen molar-refractivity contribution in [3.8, 4) is 0 Å². The van der Waals surface area contributed by atoms with E-state index in [1.54, 1.807) is 0 Å². The fourth-order valence-corrected chi connectivity index (χ4v) is 0.903. The van der Waals surface area contributed by atoms with Crippen LogP contribution in [0.5, 0.6) is 0 Å². The average Bonchev–Trinajstić information content (AvgIpc) is 1.30. The lowest BCUT2D eigenvalue weighted by atomic mass is 11.3. The molecule has 0 heterocycles. The van der Waals surface area contributed by atoms with E-state index < -0.39 is 9.05 Å². The van der Waals surface area contributed by atoms with E-state index in [-0.39, 0.29) is 0 Å². The van der Waals surface area contributed by atoms with Gasteiger partial charge >= 0.3 is 0 Å². The maximum atomic E-state index is 9.83. The van der Waals surface area contributed by atoms with Crippen molar-refractivity contribution in [1.29, 1.82) is 0 Å². The lowest BCUT2D eigenvalue weighted by Crippen LogP contribution is -1.75. The highest BCUT2D eigenvalue weighted by Crippen LogP contribution is 1.97. The van der Waals surface area contributed by atoms with Crippen molar-refractivity contribution >= 4 is 31.3 Å². The van der Waals surface area contributed by atoms with Gasteiger partial charge in [0.05, 0.1) is 5.41 Å². The Kier molecular flexibility index (Phi) is 2.64. The Balaban J connectivity index is 4.13. The molecule has 2 nitrogen and oxygen atoms in total. The molecule has 0 rings (SSSR count). The Bertz CT molecular complexity index is 157. The summed E-state index contributed by atoms with van der Waals surface area (Å²) in [5, 5.41) is 0.691. The molecule has 7 heavy (non-hydrogen) atoms. The highest BCUT2D eigenvalue weighted by Gasteiger charge is 1.92. The quantitative estimate of drug-likeness (QED) is 0.542. The lowest BCUT2D eigenvalue weighted by Gasteiger charge is -1.72. The lowest BCUT2D eigenvalue weighted by molar-refractivity contribution is 0.617. The van der Waals surface area contributed by atoms with E-state index >= 15 is 0 Å². The molecule has 42 valence electrons. The molecule has 0 amide bonds. The van der Waals surface area contributed by atoms with Crippen LogP contribution in [0.2, 0.25) is 0 Å². The normalized spacial score (nSPS) is 12.9. The minimum absolute atomic E-state index is 0.691.